The first-order valence-corrected chi connectivity index (χ1v) is 10.6. The molecule has 1 aliphatic rings. The molecule has 2 aromatic carbocycles. The van der Waals surface area contributed by atoms with Gasteiger partial charge in [-0.2, -0.15) is 0 Å². The summed E-state index contributed by atoms with van der Waals surface area (Å²) >= 11 is 6.02. The number of phenolic OH excluding ortho intramolecular Hbond substituents is 1. The molecule has 0 amide bonds. The van der Waals surface area contributed by atoms with Gasteiger partial charge in [0.2, 0.25) is 0 Å². The molecular weight excluding hydrogens is 401 g/mol. The number of esters is 1. The van der Waals surface area contributed by atoms with Gasteiger partial charge in [0.05, 0.1) is 23.0 Å². The van der Waals surface area contributed by atoms with E-state index in [0.717, 1.165) is 24.4 Å². The van der Waals surface area contributed by atoms with Crippen molar-refractivity contribution in [2.45, 2.75) is 38.7 Å². The fraction of sp³-hybridized carbons (Fsp3) is 0.435. The second kappa shape index (κ2) is 10.2. The highest BCUT2D eigenvalue weighted by Gasteiger charge is 2.42. The number of hydrogen-bond acceptors (Lipinski definition) is 5. The predicted octanol–water partition coefficient (Wildman–Crippen LogP) is 4.15. The van der Waals surface area contributed by atoms with Crippen LogP contribution in [0.5, 0.6) is 11.5 Å². The van der Waals surface area contributed by atoms with Crippen molar-refractivity contribution in [2.24, 2.45) is 5.41 Å². The highest BCUT2D eigenvalue weighted by atomic mass is 35.5. The fourth-order valence-corrected chi connectivity index (χ4v) is 3.98. The van der Waals surface area contributed by atoms with Crippen molar-refractivity contribution in [1.82, 2.24) is 4.90 Å². The minimum Gasteiger partial charge on any atom is -0.506 e. The Morgan fingerprint density at radius 3 is 2.57 bits per heavy atom. The van der Waals surface area contributed by atoms with E-state index >= 15 is 0 Å². The Bertz CT molecular complexity index is 838. The van der Waals surface area contributed by atoms with Gasteiger partial charge < -0.3 is 14.6 Å². The number of likely N-dealkylation sites (tertiary alicyclic amines) is 1. The average molecular weight is 428 g/mol. The van der Waals surface area contributed by atoms with Crippen molar-refractivity contribution in [3.8, 4) is 11.5 Å². The van der Waals surface area contributed by atoms with Gasteiger partial charge in [0.25, 0.3) is 0 Å². The van der Waals surface area contributed by atoms with Crippen LogP contribution in [0.15, 0.2) is 48.5 Å². The van der Waals surface area contributed by atoms with Gasteiger partial charge in [-0.25, -0.2) is 0 Å². The molecule has 158 valence electrons. The third-order valence-electron chi connectivity index (χ3n) is 5.55. The van der Waals surface area contributed by atoms with Gasteiger partial charge in [0.1, 0.15) is 19.3 Å². The molecule has 0 spiro atoms. The van der Waals surface area contributed by atoms with Gasteiger partial charge >= 0.3 is 5.97 Å². The molecule has 0 bridgehead atoms. The van der Waals surface area contributed by atoms with Crippen LogP contribution in [-0.4, -0.2) is 49.5 Å². The lowest BCUT2D eigenvalue weighted by atomic mass is 9.75. The molecule has 2 radical (unpaired) electrons. The van der Waals surface area contributed by atoms with Crippen LogP contribution >= 0.6 is 11.6 Å². The lowest BCUT2D eigenvalue weighted by molar-refractivity contribution is -0.161. The van der Waals surface area contributed by atoms with Crippen molar-refractivity contribution >= 4 is 25.4 Å². The van der Waals surface area contributed by atoms with Crippen LogP contribution < -0.4 is 4.74 Å². The number of ether oxygens (including phenoxy) is 2. The Kier molecular flexibility index (Phi) is 7.67. The molecule has 1 N–H and O–H groups in total. The summed E-state index contributed by atoms with van der Waals surface area (Å²) in [7, 11) is 5.72. The van der Waals surface area contributed by atoms with Gasteiger partial charge in [-0.05, 0) is 69.1 Å². The Balaban J connectivity index is 1.61. The molecular formula is C23H27BClNO4. The fourth-order valence-electron chi connectivity index (χ4n) is 3.78. The van der Waals surface area contributed by atoms with Crippen LogP contribution in [0.1, 0.15) is 31.7 Å². The molecule has 1 aliphatic heterocycles. The second-order valence-corrected chi connectivity index (χ2v) is 8.27. The topological polar surface area (TPSA) is 59.0 Å². The minimum atomic E-state index is -0.637. The van der Waals surface area contributed by atoms with E-state index in [1.54, 1.807) is 19.1 Å². The highest BCUT2D eigenvalue weighted by Crippen LogP contribution is 2.37. The number of benzene rings is 2. The normalized spacial score (nSPS) is 17.3. The maximum atomic E-state index is 12.9. The molecule has 0 aromatic heterocycles. The zero-order valence-electron chi connectivity index (χ0n) is 17.2. The molecule has 1 unspecified atom stereocenters. The van der Waals surface area contributed by atoms with Crippen LogP contribution in [0.3, 0.4) is 0 Å². The Morgan fingerprint density at radius 2 is 1.93 bits per heavy atom. The van der Waals surface area contributed by atoms with E-state index in [9.17, 15) is 9.90 Å². The molecule has 3 rings (SSSR count). The largest absolute Gasteiger partial charge is 0.506 e. The monoisotopic (exact) mass is 427 g/mol. The summed E-state index contributed by atoms with van der Waals surface area (Å²) in [5.74, 6) is 0.617. The highest BCUT2D eigenvalue weighted by molar-refractivity contribution is 6.32. The lowest BCUT2D eigenvalue weighted by Crippen LogP contribution is -2.46. The number of aromatic hydroxyl groups is 1. The maximum Gasteiger partial charge on any atom is 0.311 e. The predicted molar refractivity (Wildman–Crippen MR) is 118 cm³/mol. The van der Waals surface area contributed by atoms with Crippen LogP contribution in [0, 0.1) is 5.41 Å². The summed E-state index contributed by atoms with van der Waals surface area (Å²) in [6.07, 6.45) is 1.91. The number of rotatable bonds is 8. The Labute approximate surface area is 184 Å². The van der Waals surface area contributed by atoms with E-state index in [1.165, 1.54) is 0 Å². The summed E-state index contributed by atoms with van der Waals surface area (Å²) in [4.78, 5) is 15.2. The van der Waals surface area contributed by atoms with Gasteiger partial charge in [-0.15, -0.1) is 0 Å². The van der Waals surface area contributed by atoms with Crippen LogP contribution in [0.2, 0.25) is 5.02 Å². The first-order chi connectivity index (χ1) is 14.4. The number of halogens is 1. The van der Waals surface area contributed by atoms with Crippen molar-refractivity contribution in [3.63, 3.8) is 0 Å². The third kappa shape index (κ3) is 5.93. The first-order valence-electron chi connectivity index (χ1n) is 10.2. The van der Waals surface area contributed by atoms with Gasteiger partial charge in [-0.1, -0.05) is 35.9 Å². The van der Waals surface area contributed by atoms with Crippen molar-refractivity contribution in [2.75, 3.05) is 19.7 Å². The molecule has 1 fully saturated rings. The van der Waals surface area contributed by atoms with Crippen LogP contribution in [0.25, 0.3) is 0 Å². The zero-order valence-corrected chi connectivity index (χ0v) is 18.0. The molecule has 0 aliphatic carbocycles. The molecule has 1 atom stereocenters. The number of hydrogen-bond donors (Lipinski definition) is 1. The van der Waals surface area contributed by atoms with E-state index in [4.69, 9.17) is 28.9 Å². The summed E-state index contributed by atoms with van der Waals surface area (Å²) in [6.45, 7) is 4.30. The first kappa shape index (κ1) is 22.5. The summed E-state index contributed by atoms with van der Waals surface area (Å²) in [5, 5.41) is 9.94. The molecule has 5 nitrogen and oxygen atoms in total. The number of carbonyl (C=O) groups excluding carboxylic acids is 1. The van der Waals surface area contributed by atoms with Crippen LogP contribution in [-0.2, 0) is 16.1 Å². The second-order valence-electron chi connectivity index (χ2n) is 7.86. The Hall–Kier alpha value is -2.18. The average Bonchev–Trinajstić information content (AvgIpc) is 2.72. The SMILES string of the molecule is [B]C(C)OC(=O)C1(CCOc2ccccc2)CCN(Cc2ccc(O)c(Cl)c2)CC1. The van der Waals surface area contributed by atoms with Gasteiger partial charge in [-0.3, -0.25) is 9.69 Å². The molecule has 30 heavy (non-hydrogen) atoms. The van der Waals surface area contributed by atoms with E-state index in [2.05, 4.69) is 4.90 Å². The van der Waals surface area contributed by atoms with E-state index in [0.29, 0.717) is 37.4 Å². The minimum absolute atomic E-state index is 0.0788. The quantitative estimate of drug-likeness (QED) is 0.506. The molecule has 1 heterocycles. The van der Waals surface area contributed by atoms with Crippen molar-refractivity contribution in [1.29, 1.82) is 0 Å². The maximum absolute atomic E-state index is 12.9. The zero-order chi connectivity index (χ0) is 21.6. The molecule has 1 saturated heterocycles. The van der Waals surface area contributed by atoms with E-state index in [1.807, 2.05) is 36.4 Å². The number of phenols is 1. The van der Waals surface area contributed by atoms with Gasteiger partial charge in [0.15, 0.2) is 0 Å². The Morgan fingerprint density at radius 1 is 1.23 bits per heavy atom. The van der Waals surface area contributed by atoms with E-state index < -0.39 is 11.4 Å². The summed E-state index contributed by atoms with van der Waals surface area (Å²) in [5.41, 5.74) is 0.418. The summed E-state index contributed by atoms with van der Waals surface area (Å²) < 4.78 is 11.2. The smallest absolute Gasteiger partial charge is 0.311 e. The molecule has 7 heteroatoms. The van der Waals surface area contributed by atoms with Crippen molar-refractivity contribution < 1.29 is 19.4 Å². The number of nitrogens with zero attached hydrogens (tertiary/aromatic N) is 1. The number of para-hydroxylation sites is 1. The van der Waals surface area contributed by atoms with Crippen molar-refractivity contribution in [3.05, 3.63) is 59.1 Å². The summed E-state index contributed by atoms with van der Waals surface area (Å²) in [6, 6.07) is 14.2. The van der Waals surface area contributed by atoms with Gasteiger partial charge in [0, 0.05) is 6.54 Å². The lowest BCUT2D eigenvalue weighted by Gasteiger charge is -2.40. The van der Waals surface area contributed by atoms with Crippen LogP contribution in [0.4, 0.5) is 0 Å². The van der Waals surface area contributed by atoms with E-state index in [-0.39, 0.29) is 11.7 Å². The number of carbonyl (C=O) groups is 1. The third-order valence-corrected chi connectivity index (χ3v) is 5.85. The molecule has 2 aromatic rings. The number of piperidine rings is 1. The standard InChI is InChI=1S/C23H27BClNO4/c1-17(24)30-22(28)23(11-14-29-19-5-3-2-4-6-19)9-12-26(13-10-23)16-18-7-8-21(27)20(25)15-18/h2-8,15,17,27H,9-14,16H2,1H3. The molecule has 0 saturated carbocycles.